The predicted octanol–water partition coefficient (Wildman–Crippen LogP) is 1.58. The largest absolute Gasteiger partial charge is 0.496 e. The molecule has 18 heavy (non-hydrogen) atoms. The number of carbonyl (C=O) groups is 1. The summed E-state index contributed by atoms with van der Waals surface area (Å²) in [6.45, 7) is 4.04. The molecule has 0 radical (unpaired) electrons. The summed E-state index contributed by atoms with van der Waals surface area (Å²) in [6, 6.07) is 7.25. The molecule has 0 saturated heterocycles. The molecule has 0 aliphatic rings. The Hall–Kier alpha value is -1.39. The molecule has 4 nitrogen and oxygen atoms in total. The van der Waals surface area contributed by atoms with E-state index in [1.165, 1.54) is 0 Å². The van der Waals surface area contributed by atoms with Gasteiger partial charge in [-0.05, 0) is 25.1 Å². The van der Waals surface area contributed by atoms with Gasteiger partial charge in [0, 0.05) is 13.2 Å². The van der Waals surface area contributed by atoms with Gasteiger partial charge >= 0.3 is 0 Å². The Labute approximate surface area is 108 Å². The third-order valence-corrected chi connectivity index (χ3v) is 2.85. The van der Waals surface area contributed by atoms with Crippen molar-refractivity contribution < 1.29 is 14.6 Å². The van der Waals surface area contributed by atoms with Crippen LogP contribution in [0, 0.1) is 0 Å². The summed E-state index contributed by atoms with van der Waals surface area (Å²) in [5.74, 6) is 0.660. The number of ketones is 1. The Bertz CT molecular complexity index is 379. The fourth-order valence-corrected chi connectivity index (χ4v) is 1.81. The van der Waals surface area contributed by atoms with Crippen molar-refractivity contribution in [1.29, 1.82) is 0 Å². The number of Topliss-reactive ketones (excluding diaryl/α,β-unsaturated/α-hetero) is 1. The highest BCUT2D eigenvalue weighted by atomic mass is 16.5. The van der Waals surface area contributed by atoms with E-state index in [4.69, 9.17) is 9.84 Å². The van der Waals surface area contributed by atoms with Gasteiger partial charge in [-0.2, -0.15) is 0 Å². The van der Waals surface area contributed by atoms with Gasteiger partial charge in [0.05, 0.1) is 19.2 Å². The van der Waals surface area contributed by atoms with E-state index < -0.39 is 0 Å². The Morgan fingerprint density at radius 2 is 2.11 bits per heavy atom. The average molecular weight is 251 g/mol. The van der Waals surface area contributed by atoms with E-state index in [0.717, 1.165) is 13.1 Å². The van der Waals surface area contributed by atoms with E-state index in [9.17, 15) is 4.79 Å². The third-order valence-electron chi connectivity index (χ3n) is 2.85. The summed E-state index contributed by atoms with van der Waals surface area (Å²) >= 11 is 0. The molecule has 0 fully saturated rings. The lowest BCUT2D eigenvalue weighted by Crippen LogP contribution is -2.31. The van der Waals surface area contributed by atoms with Gasteiger partial charge in [-0.3, -0.25) is 9.69 Å². The van der Waals surface area contributed by atoms with Crippen molar-refractivity contribution in [3.8, 4) is 5.75 Å². The van der Waals surface area contributed by atoms with E-state index >= 15 is 0 Å². The summed E-state index contributed by atoms with van der Waals surface area (Å²) in [5.41, 5.74) is 0.613. The summed E-state index contributed by atoms with van der Waals surface area (Å²) in [5, 5.41) is 8.81. The minimum atomic E-state index is 0.0484. The first-order chi connectivity index (χ1) is 8.72. The van der Waals surface area contributed by atoms with Crippen LogP contribution in [0.15, 0.2) is 24.3 Å². The Kier molecular flexibility index (Phi) is 6.39. The van der Waals surface area contributed by atoms with E-state index in [1.807, 2.05) is 24.0 Å². The Morgan fingerprint density at radius 1 is 1.39 bits per heavy atom. The number of ether oxygens (including phenoxy) is 1. The number of aliphatic hydroxyl groups is 1. The van der Waals surface area contributed by atoms with Crippen LogP contribution in [-0.4, -0.2) is 49.1 Å². The summed E-state index contributed by atoms with van der Waals surface area (Å²) in [6.07, 6.45) is 0.688. The first-order valence-corrected chi connectivity index (χ1v) is 6.22. The molecule has 0 atom stereocenters. The number of methoxy groups -OCH3 is 1. The standard InChI is InChI=1S/C14H21NO3/c1-3-15(9-6-10-16)11-13(17)12-7-4-5-8-14(12)18-2/h4-5,7-8,16H,3,6,9-11H2,1-2H3. The Balaban J connectivity index is 2.68. The van der Waals surface area contributed by atoms with Crippen molar-refractivity contribution in [2.24, 2.45) is 0 Å². The molecular weight excluding hydrogens is 230 g/mol. The molecular formula is C14H21NO3. The van der Waals surface area contributed by atoms with Crippen LogP contribution in [0.1, 0.15) is 23.7 Å². The van der Waals surface area contributed by atoms with Crippen LogP contribution >= 0.6 is 0 Å². The van der Waals surface area contributed by atoms with Crippen LogP contribution in [0.2, 0.25) is 0 Å². The monoisotopic (exact) mass is 251 g/mol. The molecule has 0 bridgehead atoms. The van der Waals surface area contributed by atoms with E-state index in [-0.39, 0.29) is 12.4 Å². The lowest BCUT2D eigenvalue weighted by atomic mass is 10.1. The molecule has 0 heterocycles. The minimum Gasteiger partial charge on any atom is -0.496 e. The predicted molar refractivity (Wildman–Crippen MR) is 71.1 cm³/mol. The number of aliphatic hydroxyl groups excluding tert-OH is 1. The number of benzene rings is 1. The number of hydrogen-bond acceptors (Lipinski definition) is 4. The molecule has 1 rings (SSSR count). The van der Waals surface area contributed by atoms with Crippen molar-refractivity contribution in [2.45, 2.75) is 13.3 Å². The first-order valence-electron chi connectivity index (χ1n) is 6.22. The van der Waals surface area contributed by atoms with Crippen LogP contribution in [0.25, 0.3) is 0 Å². The van der Waals surface area contributed by atoms with Crippen molar-refractivity contribution in [1.82, 2.24) is 4.90 Å². The second-order valence-corrected chi connectivity index (χ2v) is 4.07. The zero-order valence-electron chi connectivity index (χ0n) is 11.1. The van der Waals surface area contributed by atoms with Gasteiger partial charge in [0.1, 0.15) is 5.75 Å². The van der Waals surface area contributed by atoms with E-state index in [2.05, 4.69) is 0 Å². The molecule has 1 aromatic carbocycles. The fraction of sp³-hybridized carbons (Fsp3) is 0.500. The normalized spacial score (nSPS) is 10.7. The lowest BCUT2D eigenvalue weighted by molar-refractivity contribution is 0.0925. The van der Waals surface area contributed by atoms with Gasteiger partial charge in [-0.1, -0.05) is 19.1 Å². The van der Waals surface area contributed by atoms with Crippen molar-refractivity contribution in [3.05, 3.63) is 29.8 Å². The second kappa shape index (κ2) is 7.84. The van der Waals surface area contributed by atoms with Gasteiger partial charge in [0.25, 0.3) is 0 Å². The highest BCUT2D eigenvalue weighted by molar-refractivity contribution is 6.00. The highest BCUT2D eigenvalue weighted by Gasteiger charge is 2.14. The quantitative estimate of drug-likeness (QED) is 0.713. The number of para-hydroxylation sites is 1. The maximum Gasteiger partial charge on any atom is 0.180 e. The van der Waals surface area contributed by atoms with Crippen molar-refractivity contribution >= 4 is 5.78 Å². The van der Waals surface area contributed by atoms with Crippen molar-refractivity contribution in [2.75, 3.05) is 33.4 Å². The minimum absolute atomic E-state index is 0.0484. The molecule has 0 aliphatic heterocycles. The van der Waals surface area contributed by atoms with Crippen LogP contribution in [-0.2, 0) is 0 Å². The highest BCUT2D eigenvalue weighted by Crippen LogP contribution is 2.18. The number of rotatable bonds is 8. The smallest absolute Gasteiger partial charge is 0.180 e. The summed E-state index contributed by atoms with van der Waals surface area (Å²) in [7, 11) is 1.56. The van der Waals surface area contributed by atoms with Gasteiger partial charge in [0.15, 0.2) is 5.78 Å². The zero-order valence-corrected chi connectivity index (χ0v) is 11.1. The number of carbonyl (C=O) groups excluding carboxylic acids is 1. The molecule has 0 amide bonds. The van der Waals surface area contributed by atoms with Crippen LogP contribution in [0.5, 0.6) is 5.75 Å². The van der Waals surface area contributed by atoms with Crippen LogP contribution in [0.3, 0.4) is 0 Å². The number of hydrogen-bond donors (Lipinski definition) is 1. The summed E-state index contributed by atoms with van der Waals surface area (Å²) < 4.78 is 5.18. The second-order valence-electron chi connectivity index (χ2n) is 4.07. The molecule has 1 aromatic rings. The van der Waals surface area contributed by atoms with E-state index in [0.29, 0.717) is 24.3 Å². The molecule has 0 aromatic heterocycles. The average Bonchev–Trinajstić information content (AvgIpc) is 2.43. The number of likely N-dealkylation sites (N-methyl/N-ethyl adjacent to an activating group) is 1. The number of nitrogens with zero attached hydrogens (tertiary/aromatic N) is 1. The first kappa shape index (κ1) is 14.7. The lowest BCUT2D eigenvalue weighted by Gasteiger charge is -2.19. The van der Waals surface area contributed by atoms with Crippen LogP contribution in [0.4, 0.5) is 0 Å². The van der Waals surface area contributed by atoms with Gasteiger partial charge in [-0.25, -0.2) is 0 Å². The molecule has 1 N–H and O–H groups in total. The van der Waals surface area contributed by atoms with Gasteiger partial charge in [-0.15, -0.1) is 0 Å². The van der Waals surface area contributed by atoms with Gasteiger partial charge < -0.3 is 9.84 Å². The van der Waals surface area contributed by atoms with Crippen molar-refractivity contribution in [3.63, 3.8) is 0 Å². The zero-order chi connectivity index (χ0) is 13.4. The molecule has 100 valence electrons. The SMILES string of the molecule is CCN(CCCO)CC(=O)c1ccccc1OC. The maximum atomic E-state index is 12.2. The van der Waals surface area contributed by atoms with E-state index in [1.54, 1.807) is 19.2 Å². The maximum absolute atomic E-state index is 12.2. The fourth-order valence-electron chi connectivity index (χ4n) is 1.81. The molecule has 0 unspecified atom stereocenters. The molecule has 4 heteroatoms. The van der Waals surface area contributed by atoms with Crippen LogP contribution < -0.4 is 4.74 Å². The Morgan fingerprint density at radius 3 is 2.72 bits per heavy atom. The van der Waals surface area contributed by atoms with Gasteiger partial charge in [0.2, 0.25) is 0 Å². The topological polar surface area (TPSA) is 49.8 Å². The molecule has 0 aliphatic carbocycles. The third kappa shape index (κ3) is 4.13. The summed E-state index contributed by atoms with van der Waals surface area (Å²) in [4.78, 5) is 14.2. The molecule has 0 spiro atoms. The molecule has 0 saturated carbocycles.